The Kier molecular flexibility index (Phi) is 7.31. The summed E-state index contributed by atoms with van der Waals surface area (Å²) in [5, 5.41) is 6.42. The van der Waals surface area contributed by atoms with Crippen molar-refractivity contribution in [2.75, 3.05) is 13.1 Å². The topological polar surface area (TPSA) is 139 Å². The molecule has 2 N–H and O–H groups in total. The van der Waals surface area contributed by atoms with E-state index in [1.807, 2.05) is 18.2 Å². The highest BCUT2D eigenvalue weighted by Gasteiger charge is 2.43. The van der Waals surface area contributed by atoms with E-state index in [2.05, 4.69) is 15.6 Å². The van der Waals surface area contributed by atoms with Gasteiger partial charge in [0.25, 0.3) is 15.9 Å². The Morgan fingerprint density at radius 2 is 1.79 bits per heavy atom. The molecule has 5 rings (SSSR count). The predicted octanol–water partition coefficient (Wildman–Crippen LogP) is 2.80. The second kappa shape index (κ2) is 10.7. The van der Waals surface area contributed by atoms with E-state index in [1.165, 1.54) is 12.3 Å². The van der Waals surface area contributed by atoms with Crippen LogP contribution >= 0.6 is 0 Å². The Balaban J connectivity index is 1.30. The maximum atomic E-state index is 13.6. The molecule has 2 amide bonds. The summed E-state index contributed by atoms with van der Waals surface area (Å²) in [6.07, 6.45) is 5.40. The number of para-hydroxylation sites is 1. The van der Waals surface area contributed by atoms with Crippen LogP contribution in [0.15, 0.2) is 64.2 Å². The van der Waals surface area contributed by atoms with Gasteiger partial charge in [-0.1, -0.05) is 43.5 Å². The van der Waals surface area contributed by atoms with Crippen LogP contribution in [0.5, 0.6) is 0 Å². The number of hydrogen-bond acceptors (Lipinski definition) is 7. The van der Waals surface area contributed by atoms with Gasteiger partial charge in [-0.3, -0.25) is 14.4 Å². The molecular weight excluding hydrogens is 508 g/mol. The van der Waals surface area contributed by atoms with Crippen LogP contribution in [0.1, 0.15) is 55.5 Å². The van der Waals surface area contributed by atoms with Crippen molar-refractivity contribution in [2.24, 2.45) is 0 Å². The minimum Gasteiger partial charge on any atom is -0.451 e. The molecule has 1 saturated carbocycles. The van der Waals surface area contributed by atoms with Crippen LogP contribution in [0.25, 0.3) is 11.0 Å². The molecular formula is C27H30N4O6S. The van der Waals surface area contributed by atoms with Gasteiger partial charge in [-0.15, -0.1) is 0 Å². The van der Waals surface area contributed by atoms with Gasteiger partial charge >= 0.3 is 0 Å². The molecule has 1 saturated heterocycles. The Labute approximate surface area is 220 Å². The van der Waals surface area contributed by atoms with Crippen LogP contribution in [0.4, 0.5) is 0 Å². The van der Waals surface area contributed by atoms with Crippen LogP contribution < -0.4 is 10.6 Å². The predicted molar refractivity (Wildman–Crippen MR) is 139 cm³/mol. The van der Waals surface area contributed by atoms with Crippen molar-refractivity contribution < 1.29 is 27.2 Å². The first-order valence-electron chi connectivity index (χ1n) is 12.8. The number of nitrogens with zero attached hydrogens (tertiary/aromatic N) is 2. The van der Waals surface area contributed by atoms with Gasteiger partial charge in [-0.2, -0.15) is 4.31 Å². The highest BCUT2D eigenvalue weighted by Crippen LogP contribution is 2.30. The summed E-state index contributed by atoms with van der Waals surface area (Å²) in [5.41, 5.74) is -0.602. The quantitative estimate of drug-likeness (QED) is 0.492. The highest BCUT2D eigenvalue weighted by atomic mass is 32.2. The summed E-state index contributed by atoms with van der Waals surface area (Å²) in [6.45, 7) is -0.215. The van der Waals surface area contributed by atoms with E-state index in [4.69, 9.17) is 4.42 Å². The van der Waals surface area contributed by atoms with Crippen LogP contribution in [-0.2, 0) is 19.6 Å². The molecule has 0 radical (unpaired) electrons. The fraction of sp³-hybridized carbons (Fsp3) is 0.407. The van der Waals surface area contributed by atoms with Gasteiger partial charge in [-0.05, 0) is 49.9 Å². The van der Waals surface area contributed by atoms with E-state index in [0.717, 1.165) is 29.0 Å². The first-order valence-corrected chi connectivity index (χ1v) is 14.3. The number of ketones is 1. The Morgan fingerprint density at radius 1 is 1.03 bits per heavy atom. The molecule has 0 bridgehead atoms. The van der Waals surface area contributed by atoms with Crippen molar-refractivity contribution in [3.05, 3.63) is 60.5 Å². The third-order valence-corrected chi connectivity index (χ3v) is 9.07. The van der Waals surface area contributed by atoms with E-state index in [-0.39, 0.29) is 23.9 Å². The number of sulfonamides is 1. The molecule has 0 unspecified atom stereocenters. The fourth-order valence-electron chi connectivity index (χ4n) is 5.22. The standard InChI is InChI=1S/C27H30N4O6S/c32-21-18-31(38(35,36)24-12-4-7-15-28-24)16-8-10-20(21)29-26(34)27(13-5-1-6-14-27)30-25(33)23-17-19-9-2-3-11-22(19)37-23/h2-4,7,9,11-12,15,17,20H,1,5-6,8,10,13-14,16,18H2,(H,29,34)(H,30,33)/t20-/m0/s1. The molecule has 1 aromatic carbocycles. The van der Waals surface area contributed by atoms with Crippen molar-refractivity contribution in [3.8, 4) is 0 Å². The van der Waals surface area contributed by atoms with Gasteiger partial charge in [0.1, 0.15) is 11.1 Å². The number of pyridine rings is 1. The highest BCUT2D eigenvalue weighted by molar-refractivity contribution is 7.89. The van der Waals surface area contributed by atoms with Crippen molar-refractivity contribution in [3.63, 3.8) is 0 Å². The molecule has 3 heterocycles. The molecule has 38 heavy (non-hydrogen) atoms. The minimum atomic E-state index is -3.94. The number of fused-ring (bicyclic) bond motifs is 1. The lowest BCUT2D eigenvalue weighted by Gasteiger charge is -2.37. The summed E-state index contributed by atoms with van der Waals surface area (Å²) >= 11 is 0. The maximum Gasteiger partial charge on any atom is 0.287 e. The number of carbonyl (C=O) groups is 3. The summed E-state index contributed by atoms with van der Waals surface area (Å²) in [6, 6.07) is 12.6. The molecule has 2 aromatic heterocycles. The number of amides is 2. The molecule has 200 valence electrons. The molecule has 11 heteroatoms. The molecule has 10 nitrogen and oxygen atoms in total. The zero-order valence-electron chi connectivity index (χ0n) is 20.9. The van der Waals surface area contributed by atoms with Crippen molar-refractivity contribution in [2.45, 2.75) is 61.6 Å². The number of rotatable bonds is 6. The zero-order chi connectivity index (χ0) is 26.8. The molecule has 3 aromatic rings. The van der Waals surface area contributed by atoms with Gasteiger partial charge in [0.05, 0.1) is 12.6 Å². The number of Topliss-reactive ketones (excluding diaryl/α,β-unsaturated/α-hetero) is 1. The summed E-state index contributed by atoms with van der Waals surface area (Å²) in [4.78, 5) is 43.8. The lowest BCUT2D eigenvalue weighted by Crippen LogP contribution is -2.62. The van der Waals surface area contributed by atoms with Gasteiger partial charge in [-0.25, -0.2) is 13.4 Å². The second-order valence-electron chi connectivity index (χ2n) is 9.89. The number of nitrogens with one attached hydrogen (secondary N) is 2. The minimum absolute atomic E-state index is 0.116. The van der Waals surface area contributed by atoms with E-state index >= 15 is 0 Å². The third-order valence-electron chi connectivity index (χ3n) is 7.31. The summed E-state index contributed by atoms with van der Waals surface area (Å²) in [5.74, 6) is -1.20. The van der Waals surface area contributed by atoms with E-state index in [1.54, 1.807) is 24.3 Å². The van der Waals surface area contributed by atoms with Crippen LogP contribution in [0, 0.1) is 0 Å². The Bertz CT molecular complexity index is 1410. The van der Waals surface area contributed by atoms with E-state index in [9.17, 15) is 22.8 Å². The summed E-state index contributed by atoms with van der Waals surface area (Å²) in [7, 11) is -3.94. The van der Waals surface area contributed by atoms with Crippen molar-refractivity contribution in [1.82, 2.24) is 19.9 Å². The van der Waals surface area contributed by atoms with Gasteiger partial charge in [0.2, 0.25) is 5.91 Å². The van der Waals surface area contributed by atoms with Gasteiger partial charge in [0, 0.05) is 18.1 Å². The van der Waals surface area contributed by atoms with Crippen molar-refractivity contribution in [1.29, 1.82) is 0 Å². The lowest BCUT2D eigenvalue weighted by molar-refractivity contribution is -0.132. The van der Waals surface area contributed by atoms with E-state index < -0.39 is 39.2 Å². The molecule has 1 atom stereocenters. The molecule has 1 aliphatic carbocycles. The number of benzene rings is 1. The SMILES string of the molecule is O=C(NC1(C(=O)N[C@H]2CCCN(S(=O)(=O)c3ccccn3)CC2=O)CCCCC1)c1cc2ccccc2o1. The lowest BCUT2D eigenvalue weighted by atomic mass is 9.80. The molecule has 0 spiro atoms. The average molecular weight is 539 g/mol. The monoisotopic (exact) mass is 538 g/mol. The van der Waals surface area contributed by atoms with Gasteiger partial charge in [0.15, 0.2) is 16.6 Å². The number of furan rings is 1. The number of carbonyl (C=O) groups excluding carboxylic acids is 3. The first kappa shape index (κ1) is 26.1. The second-order valence-corrected chi connectivity index (χ2v) is 11.8. The first-order chi connectivity index (χ1) is 18.3. The average Bonchev–Trinajstić information content (AvgIpc) is 3.28. The molecule has 1 aliphatic heterocycles. The fourth-order valence-corrected chi connectivity index (χ4v) is 6.59. The van der Waals surface area contributed by atoms with Crippen molar-refractivity contribution >= 4 is 38.6 Å². The zero-order valence-corrected chi connectivity index (χ0v) is 21.7. The number of aromatic nitrogens is 1. The molecule has 2 aliphatic rings. The van der Waals surface area contributed by atoms with Crippen LogP contribution in [0.2, 0.25) is 0 Å². The normalized spacial score (nSPS) is 20.5. The van der Waals surface area contributed by atoms with Crippen LogP contribution in [0.3, 0.4) is 0 Å². The van der Waals surface area contributed by atoms with E-state index in [0.29, 0.717) is 31.3 Å². The molecule has 2 fully saturated rings. The third kappa shape index (κ3) is 5.21. The maximum absolute atomic E-state index is 13.6. The smallest absolute Gasteiger partial charge is 0.287 e. The largest absolute Gasteiger partial charge is 0.451 e. The van der Waals surface area contributed by atoms with Gasteiger partial charge < -0.3 is 15.1 Å². The van der Waals surface area contributed by atoms with Crippen LogP contribution in [-0.4, -0.2) is 60.0 Å². The number of hydrogen-bond donors (Lipinski definition) is 2. The Morgan fingerprint density at radius 3 is 2.53 bits per heavy atom. The summed E-state index contributed by atoms with van der Waals surface area (Å²) < 4.78 is 32.8. The Hall–Kier alpha value is -3.57.